The Balaban J connectivity index is 2.20. The van der Waals surface area contributed by atoms with Crippen molar-refractivity contribution >= 4 is 28.3 Å². The highest BCUT2D eigenvalue weighted by atomic mass is 32.1. The molecule has 2 N–H and O–H groups in total. The van der Waals surface area contributed by atoms with Crippen LogP contribution < -0.4 is 5.32 Å². The third-order valence-electron chi connectivity index (χ3n) is 2.42. The van der Waals surface area contributed by atoms with E-state index in [1.165, 1.54) is 12.1 Å². The molecule has 0 bridgehead atoms. The molecule has 0 fully saturated rings. The second-order valence-electron chi connectivity index (χ2n) is 4.24. The lowest BCUT2D eigenvalue weighted by Gasteiger charge is -2.04. The van der Waals surface area contributed by atoms with Crippen molar-refractivity contribution in [1.82, 2.24) is 9.36 Å². The molecule has 0 saturated carbocycles. The molecule has 0 spiro atoms. The summed E-state index contributed by atoms with van der Waals surface area (Å²) in [6.07, 6.45) is 0. The molecule has 5 nitrogen and oxygen atoms in total. The molecule has 2 aromatic rings. The smallest absolute Gasteiger partial charge is 0.335 e. The molecule has 0 radical (unpaired) electrons. The Morgan fingerprint density at radius 1 is 1.47 bits per heavy atom. The number of carboxylic acids is 1. The third kappa shape index (κ3) is 3.05. The topological polar surface area (TPSA) is 75.1 Å². The van der Waals surface area contributed by atoms with Crippen LogP contribution in [0.1, 0.15) is 35.9 Å². The van der Waals surface area contributed by atoms with Gasteiger partial charge in [-0.2, -0.15) is 4.37 Å². The van der Waals surface area contributed by atoms with E-state index >= 15 is 0 Å². The van der Waals surface area contributed by atoms with Crippen molar-refractivity contribution in [2.45, 2.75) is 19.8 Å². The van der Waals surface area contributed by atoms with Gasteiger partial charge in [-0.3, -0.25) is 0 Å². The predicted octanol–water partition coefficient (Wildman–Crippen LogP) is 3.24. The number of halogens is 1. The van der Waals surface area contributed by atoms with Crippen LogP contribution in [-0.4, -0.2) is 20.4 Å². The summed E-state index contributed by atoms with van der Waals surface area (Å²) < 4.78 is 17.8. The van der Waals surface area contributed by atoms with Gasteiger partial charge in [0.2, 0.25) is 5.13 Å². The monoisotopic (exact) mass is 281 g/mol. The molecule has 7 heteroatoms. The number of anilines is 2. The molecular weight excluding hydrogens is 269 g/mol. The number of carbonyl (C=O) groups is 1. The highest BCUT2D eigenvalue weighted by Gasteiger charge is 2.11. The minimum absolute atomic E-state index is 0.0943. The van der Waals surface area contributed by atoms with Crippen LogP contribution in [0.25, 0.3) is 0 Å². The highest BCUT2D eigenvalue weighted by Crippen LogP contribution is 2.24. The molecule has 0 aliphatic carbocycles. The van der Waals surface area contributed by atoms with Crippen molar-refractivity contribution in [3.8, 4) is 0 Å². The lowest BCUT2D eigenvalue weighted by Crippen LogP contribution is -2.00. The van der Waals surface area contributed by atoms with Crippen LogP contribution in [0.5, 0.6) is 0 Å². The highest BCUT2D eigenvalue weighted by molar-refractivity contribution is 7.09. The van der Waals surface area contributed by atoms with Crippen molar-refractivity contribution in [2.24, 2.45) is 0 Å². The van der Waals surface area contributed by atoms with E-state index in [-0.39, 0.29) is 17.2 Å². The Bertz CT molecular complexity index is 613. The van der Waals surface area contributed by atoms with Crippen LogP contribution in [0.2, 0.25) is 0 Å². The van der Waals surface area contributed by atoms with Gasteiger partial charge < -0.3 is 10.4 Å². The van der Waals surface area contributed by atoms with Gasteiger partial charge >= 0.3 is 5.97 Å². The maximum absolute atomic E-state index is 13.7. The van der Waals surface area contributed by atoms with Gasteiger partial charge in [0, 0.05) is 17.5 Å². The normalized spacial score (nSPS) is 10.7. The van der Waals surface area contributed by atoms with Gasteiger partial charge in [0.25, 0.3) is 0 Å². The Morgan fingerprint density at radius 3 is 2.74 bits per heavy atom. The first-order chi connectivity index (χ1) is 8.97. The van der Waals surface area contributed by atoms with Crippen LogP contribution in [0.15, 0.2) is 18.2 Å². The van der Waals surface area contributed by atoms with Crippen molar-refractivity contribution in [1.29, 1.82) is 0 Å². The van der Waals surface area contributed by atoms with Crippen molar-refractivity contribution in [3.63, 3.8) is 0 Å². The van der Waals surface area contributed by atoms with Gasteiger partial charge in [0.05, 0.1) is 11.3 Å². The minimum Gasteiger partial charge on any atom is -0.478 e. The number of aromatic nitrogens is 2. The molecule has 2 rings (SSSR count). The molecule has 100 valence electrons. The average molecular weight is 281 g/mol. The van der Waals surface area contributed by atoms with Gasteiger partial charge in [0.1, 0.15) is 11.6 Å². The van der Waals surface area contributed by atoms with Crippen LogP contribution in [0.3, 0.4) is 0 Å². The number of rotatable bonds is 4. The van der Waals surface area contributed by atoms with Crippen molar-refractivity contribution < 1.29 is 14.3 Å². The van der Waals surface area contributed by atoms with Crippen LogP contribution in [0, 0.1) is 5.82 Å². The van der Waals surface area contributed by atoms with E-state index in [0.717, 1.165) is 17.6 Å². The van der Waals surface area contributed by atoms with E-state index < -0.39 is 11.8 Å². The summed E-state index contributed by atoms with van der Waals surface area (Å²) in [5, 5.41) is 12.0. The average Bonchev–Trinajstić information content (AvgIpc) is 2.80. The first-order valence-corrected chi connectivity index (χ1v) is 6.38. The summed E-state index contributed by atoms with van der Waals surface area (Å²) in [7, 11) is 0. The SMILES string of the molecule is CC(C)c1nsc(Nc2ccc(C(=O)O)cc2F)n1. The number of hydrogen-bond acceptors (Lipinski definition) is 5. The third-order valence-corrected chi connectivity index (χ3v) is 3.06. The van der Waals surface area contributed by atoms with Gasteiger partial charge in [0.15, 0.2) is 0 Å². The Morgan fingerprint density at radius 2 is 2.21 bits per heavy atom. The lowest BCUT2D eigenvalue weighted by molar-refractivity contribution is 0.0696. The molecule has 1 heterocycles. The predicted molar refractivity (Wildman–Crippen MR) is 70.6 cm³/mol. The molecule has 0 amide bonds. The summed E-state index contributed by atoms with van der Waals surface area (Å²) >= 11 is 1.14. The quantitative estimate of drug-likeness (QED) is 0.899. The zero-order valence-electron chi connectivity index (χ0n) is 10.3. The molecule has 19 heavy (non-hydrogen) atoms. The van der Waals surface area contributed by atoms with Crippen LogP contribution in [-0.2, 0) is 0 Å². The number of nitrogens with zero attached hydrogens (tertiary/aromatic N) is 2. The number of benzene rings is 1. The summed E-state index contributed by atoms with van der Waals surface area (Å²) in [5.41, 5.74) is 0.0830. The fourth-order valence-electron chi connectivity index (χ4n) is 1.38. The first-order valence-electron chi connectivity index (χ1n) is 5.61. The summed E-state index contributed by atoms with van der Waals surface area (Å²) in [6, 6.07) is 3.67. The summed E-state index contributed by atoms with van der Waals surface area (Å²) in [6.45, 7) is 3.93. The zero-order chi connectivity index (χ0) is 14.0. The fourth-order valence-corrected chi connectivity index (χ4v) is 2.11. The largest absolute Gasteiger partial charge is 0.478 e. The van der Waals surface area contributed by atoms with Gasteiger partial charge in [-0.25, -0.2) is 14.2 Å². The van der Waals surface area contributed by atoms with Crippen molar-refractivity contribution in [3.05, 3.63) is 35.4 Å². The Labute approximate surface area is 113 Å². The van der Waals surface area contributed by atoms with Crippen LogP contribution in [0.4, 0.5) is 15.2 Å². The number of nitrogens with one attached hydrogen (secondary N) is 1. The number of aromatic carboxylic acids is 1. The van der Waals surface area contributed by atoms with E-state index in [1.807, 2.05) is 13.8 Å². The fraction of sp³-hybridized carbons (Fsp3) is 0.250. The molecule has 1 aromatic heterocycles. The van der Waals surface area contributed by atoms with E-state index in [1.54, 1.807) is 0 Å². The second-order valence-corrected chi connectivity index (χ2v) is 4.99. The molecule has 0 saturated heterocycles. The number of hydrogen-bond donors (Lipinski definition) is 2. The molecule has 0 aliphatic rings. The number of carboxylic acid groups (broad SMARTS) is 1. The van der Waals surface area contributed by atoms with E-state index in [9.17, 15) is 9.18 Å². The Hall–Kier alpha value is -2.02. The van der Waals surface area contributed by atoms with E-state index in [0.29, 0.717) is 11.0 Å². The Kier molecular flexibility index (Phi) is 3.75. The van der Waals surface area contributed by atoms with E-state index in [2.05, 4.69) is 14.7 Å². The van der Waals surface area contributed by atoms with Crippen molar-refractivity contribution in [2.75, 3.05) is 5.32 Å². The van der Waals surface area contributed by atoms with Gasteiger partial charge in [-0.15, -0.1) is 0 Å². The zero-order valence-corrected chi connectivity index (χ0v) is 11.2. The van der Waals surface area contributed by atoms with Crippen LogP contribution >= 0.6 is 11.5 Å². The van der Waals surface area contributed by atoms with Gasteiger partial charge in [-0.1, -0.05) is 13.8 Å². The molecule has 0 aliphatic heterocycles. The molecule has 0 unspecified atom stereocenters. The molecule has 1 aromatic carbocycles. The maximum Gasteiger partial charge on any atom is 0.335 e. The molecular formula is C12H12FN3O2S. The first kappa shape index (κ1) is 13.4. The maximum atomic E-state index is 13.7. The lowest BCUT2D eigenvalue weighted by atomic mass is 10.2. The minimum atomic E-state index is -1.16. The summed E-state index contributed by atoms with van der Waals surface area (Å²) in [4.78, 5) is 14.9. The molecule has 0 atom stereocenters. The standard InChI is InChI=1S/C12H12FN3O2S/c1-6(2)10-15-12(19-16-10)14-9-4-3-7(11(17)18)5-8(9)13/h3-6H,1-2H3,(H,17,18)(H,14,15,16). The summed E-state index contributed by atoms with van der Waals surface area (Å²) in [5.74, 6) is -0.911. The van der Waals surface area contributed by atoms with Gasteiger partial charge in [-0.05, 0) is 18.2 Å². The second kappa shape index (κ2) is 5.31. The van der Waals surface area contributed by atoms with E-state index in [4.69, 9.17) is 5.11 Å².